The number of nitrogens with zero attached hydrogens (tertiary/aromatic N) is 1. The van der Waals surface area contributed by atoms with Crippen LogP contribution in [0.5, 0.6) is 5.75 Å². The van der Waals surface area contributed by atoms with Gasteiger partial charge in [0.15, 0.2) is 6.61 Å². The molecular formula is C11H9ClFN3O2. The van der Waals surface area contributed by atoms with Gasteiger partial charge in [0.05, 0.1) is 11.2 Å². The first-order valence-corrected chi connectivity index (χ1v) is 5.40. The number of anilines is 1. The van der Waals surface area contributed by atoms with E-state index in [1.54, 1.807) is 6.07 Å². The molecule has 0 aliphatic carbocycles. The van der Waals surface area contributed by atoms with Gasteiger partial charge in [0.1, 0.15) is 17.4 Å². The van der Waals surface area contributed by atoms with Crippen molar-refractivity contribution >= 4 is 23.3 Å². The predicted molar refractivity (Wildman–Crippen MR) is 64.1 cm³/mol. The lowest BCUT2D eigenvalue weighted by atomic mass is 10.3. The largest absolute Gasteiger partial charge is 0.482 e. The second kappa shape index (κ2) is 5.50. The van der Waals surface area contributed by atoms with Crippen molar-refractivity contribution in [3.05, 3.63) is 41.3 Å². The Balaban J connectivity index is 1.89. The molecule has 1 aromatic heterocycles. The maximum absolute atomic E-state index is 12.8. The topological polar surface area (TPSA) is 67.0 Å². The Morgan fingerprint density at radius 2 is 2.33 bits per heavy atom. The predicted octanol–water partition coefficient (Wildman–Crippen LogP) is 2.22. The first-order valence-electron chi connectivity index (χ1n) is 5.02. The lowest BCUT2D eigenvalue weighted by Gasteiger charge is -2.07. The Morgan fingerprint density at radius 1 is 1.50 bits per heavy atom. The van der Waals surface area contributed by atoms with Crippen molar-refractivity contribution in [2.75, 3.05) is 11.9 Å². The SMILES string of the molecule is O=C(COc1ccc(F)cc1Cl)Nc1ccn[nH]1. The molecule has 18 heavy (non-hydrogen) atoms. The van der Waals surface area contributed by atoms with Crippen LogP contribution in [0.25, 0.3) is 0 Å². The fourth-order valence-electron chi connectivity index (χ4n) is 1.25. The molecule has 0 saturated carbocycles. The molecule has 0 fully saturated rings. The number of ether oxygens (including phenoxy) is 1. The van der Waals surface area contributed by atoms with Gasteiger partial charge < -0.3 is 10.1 Å². The second-order valence-corrected chi connectivity index (χ2v) is 3.79. The van der Waals surface area contributed by atoms with Gasteiger partial charge in [-0.2, -0.15) is 5.10 Å². The molecule has 1 heterocycles. The van der Waals surface area contributed by atoms with Gasteiger partial charge in [-0.1, -0.05) is 11.6 Å². The highest BCUT2D eigenvalue weighted by Crippen LogP contribution is 2.24. The number of aromatic amines is 1. The van der Waals surface area contributed by atoms with Gasteiger partial charge in [-0.25, -0.2) is 4.39 Å². The molecular weight excluding hydrogens is 261 g/mol. The minimum Gasteiger partial charge on any atom is -0.482 e. The van der Waals surface area contributed by atoms with Crippen molar-refractivity contribution in [2.24, 2.45) is 0 Å². The van der Waals surface area contributed by atoms with E-state index < -0.39 is 5.82 Å². The molecule has 1 amide bonds. The summed E-state index contributed by atoms with van der Waals surface area (Å²) in [6.45, 7) is -0.232. The summed E-state index contributed by atoms with van der Waals surface area (Å²) in [4.78, 5) is 11.5. The number of aromatic nitrogens is 2. The zero-order valence-electron chi connectivity index (χ0n) is 9.11. The summed E-state index contributed by atoms with van der Waals surface area (Å²) >= 11 is 5.74. The number of nitrogens with one attached hydrogen (secondary N) is 2. The molecule has 94 valence electrons. The molecule has 0 saturated heterocycles. The van der Waals surface area contributed by atoms with Crippen molar-refractivity contribution in [1.82, 2.24) is 10.2 Å². The van der Waals surface area contributed by atoms with Crippen LogP contribution in [0, 0.1) is 5.82 Å². The molecule has 5 nitrogen and oxygen atoms in total. The molecule has 0 aliphatic heterocycles. The Bertz CT molecular complexity index is 545. The van der Waals surface area contributed by atoms with Gasteiger partial charge in [0.25, 0.3) is 5.91 Å². The first-order chi connectivity index (χ1) is 8.65. The summed E-state index contributed by atoms with van der Waals surface area (Å²) in [6.07, 6.45) is 1.51. The van der Waals surface area contributed by atoms with E-state index in [1.807, 2.05) is 0 Å². The number of rotatable bonds is 4. The van der Waals surface area contributed by atoms with E-state index in [2.05, 4.69) is 15.5 Å². The van der Waals surface area contributed by atoms with Crippen LogP contribution in [0.15, 0.2) is 30.5 Å². The van der Waals surface area contributed by atoms with E-state index in [-0.39, 0.29) is 23.3 Å². The summed E-state index contributed by atoms with van der Waals surface area (Å²) in [7, 11) is 0. The molecule has 2 N–H and O–H groups in total. The molecule has 0 radical (unpaired) electrons. The third-order valence-electron chi connectivity index (χ3n) is 2.03. The van der Waals surface area contributed by atoms with Crippen LogP contribution < -0.4 is 10.1 Å². The number of hydrogen-bond acceptors (Lipinski definition) is 3. The zero-order valence-corrected chi connectivity index (χ0v) is 9.87. The second-order valence-electron chi connectivity index (χ2n) is 3.38. The number of carbonyl (C=O) groups excluding carboxylic acids is 1. The fraction of sp³-hybridized carbons (Fsp3) is 0.0909. The van der Waals surface area contributed by atoms with Crippen molar-refractivity contribution in [1.29, 1.82) is 0 Å². The highest BCUT2D eigenvalue weighted by Gasteiger charge is 2.07. The average molecular weight is 270 g/mol. The quantitative estimate of drug-likeness (QED) is 0.894. The van der Waals surface area contributed by atoms with Gasteiger partial charge in [0, 0.05) is 6.07 Å². The first kappa shape index (κ1) is 12.4. The monoisotopic (exact) mass is 269 g/mol. The van der Waals surface area contributed by atoms with E-state index in [0.717, 1.165) is 6.07 Å². The van der Waals surface area contributed by atoms with E-state index in [1.165, 1.54) is 18.3 Å². The number of amides is 1. The lowest BCUT2D eigenvalue weighted by Crippen LogP contribution is -2.20. The van der Waals surface area contributed by atoms with Gasteiger partial charge in [-0.3, -0.25) is 9.89 Å². The average Bonchev–Trinajstić information content (AvgIpc) is 2.80. The van der Waals surface area contributed by atoms with E-state index >= 15 is 0 Å². The number of hydrogen-bond donors (Lipinski definition) is 2. The Kier molecular flexibility index (Phi) is 3.78. The van der Waals surface area contributed by atoms with Crippen LogP contribution in [0.2, 0.25) is 5.02 Å². The number of halogens is 2. The molecule has 0 spiro atoms. The molecule has 2 rings (SSSR count). The van der Waals surface area contributed by atoms with Crippen LogP contribution in [0.1, 0.15) is 0 Å². The summed E-state index contributed by atoms with van der Waals surface area (Å²) in [5, 5.41) is 8.88. The van der Waals surface area contributed by atoms with E-state index in [4.69, 9.17) is 16.3 Å². The van der Waals surface area contributed by atoms with Crippen LogP contribution in [-0.2, 0) is 4.79 Å². The molecule has 1 aromatic carbocycles. The highest BCUT2D eigenvalue weighted by atomic mass is 35.5. The smallest absolute Gasteiger partial charge is 0.263 e. The van der Waals surface area contributed by atoms with Crippen molar-refractivity contribution in [2.45, 2.75) is 0 Å². The van der Waals surface area contributed by atoms with E-state index in [0.29, 0.717) is 5.82 Å². The lowest BCUT2D eigenvalue weighted by molar-refractivity contribution is -0.118. The van der Waals surface area contributed by atoms with Crippen LogP contribution in [0.3, 0.4) is 0 Å². The van der Waals surface area contributed by atoms with Crippen molar-refractivity contribution in [3.63, 3.8) is 0 Å². The molecule has 2 aromatic rings. The van der Waals surface area contributed by atoms with E-state index in [9.17, 15) is 9.18 Å². The van der Waals surface area contributed by atoms with Gasteiger partial charge in [-0.05, 0) is 18.2 Å². The minimum absolute atomic E-state index is 0.115. The molecule has 0 aliphatic rings. The van der Waals surface area contributed by atoms with Crippen LogP contribution in [-0.4, -0.2) is 22.7 Å². The molecule has 7 heteroatoms. The summed E-state index contributed by atoms with van der Waals surface area (Å²) in [5.74, 6) is -0.125. The van der Waals surface area contributed by atoms with Crippen LogP contribution >= 0.6 is 11.6 Å². The molecule has 0 bridgehead atoms. The molecule has 0 unspecified atom stereocenters. The minimum atomic E-state index is -0.464. The number of H-pyrrole nitrogens is 1. The molecule has 0 atom stereocenters. The zero-order chi connectivity index (χ0) is 13.0. The third-order valence-corrected chi connectivity index (χ3v) is 2.32. The van der Waals surface area contributed by atoms with Gasteiger partial charge >= 0.3 is 0 Å². The summed E-state index contributed by atoms with van der Waals surface area (Å²) in [5.41, 5.74) is 0. The van der Waals surface area contributed by atoms with Crippen molar-refractivity contribution < 1.29 is 13.9 Å². The normalized spacial score (nSPS) is 10.1. The summed E-state index contributed by atoms with van der Waals surface area (Å²) < 4.78 is 17.9. The Hall–Kier alpha value is -2.08. The van der Waals surface area contributed by atoms with Gasteiger partial charge in [-0.15, -0.1) is 0 Å². The third kappa shape index (κ3) is 3.21. The Morgan fingerprint density at radius 3 is 3.00 bits per heavy atom. The number of carbonyl (C=O) groups is 1. The standard InChI is InChI=1S/C11H9ClFN3O2/c12-8-5-7(13)1-2-9(8)18-6-11(17)15-10-3-4-14-16-10/h1-5H,6H2,(H2,14,15,16,17). The maximum atomic E-state index is 12.8. The maximum Gasteiger partial charge on any atom is 0.263 e. The number of benzene rings is 1. The van der Waals surface area contributed by atoms with Gasteiger partial charge in [0.2, 0.25) is 0 Å². The van der Waals surface area contributed by atoms with Crippen molar-refractivity contribution in [3.8, 4) is 5.75 Å². The van der Waals surface area contributed by atoms with Crippen LogP contribution in [0.4, 0.5) is 10.2 Å². The summed E-state index contributed by atoms with van der Waals surface area (Å²) in [6, 6.07) is 5.28. The Labute approximate surface area is 107 Å². The highest BCUT2D eigenvalue weighted by molar-refractivity contribution is 6.32. The fourth-order valence-corrected chi connectivity index (χ4v) is 1.47.